The molecule has 0 radical (unpaired) electrons. The molecular weight excluding hydrogens is 512 g/mol. The number of carbonyl (C=O) groups is 3. The van der Waals surface area contributed by atoms with E-state index in [1.807, 2.05) is 30.3 Å². The van der Waals surface area contributed by atoms with Gasteiger partial charge in [-0.05, 0) is 18.4 Å². The molecule has 2 amide bonds. The number of aliphatic carboxylic acids is 1. The van der Waals surface area contributed by atoms with E-state index in [0.29, 0.717) is 19.4 Å². The molecule has 6 atom stereocenters. The molecule has 1 aromatic rings. The predicted octanol–water partition coefficient (Wildman–Crippen LogP) is 0.200. The van der Waals surface area contributed by atoms with E-state index in [9.17, 15) is 39.9 Å². The van der Waals surface area contributed by atoms with Crippen LogP contribution in [0, 0.1) is 0 Å². The van der Waals surface area contributed by atoms with E-state index in [0.717, 1.165) is 37.7 Å². The number of nitrogens with one attached hydrogen (secondary N) is 2. The molecule has 0 saturated carbocycles. The van der Waals surface area contributed by atoms with Crippen LogP contribution in [0.1, 0.15) is 63.9 Å². The van der Waals surface area contributed by atoms with E-state index in [1.165, 1.54) is 6.92 Å². The van der Waals surface area contributed by atoms with E-state index in [4.69, 9.17) is 9.47 Å². The largest absolute Gasteiger partial charge is 0.477 e. The van der Waals surface area contributed by atoms with Crippen LogP contribution in [0.3, 0.4) is 0 Å². The number of hydrogen-bond donors (Lipinski definition) is 7. The first-order valence-corrected chi connectivity index (χ1v) is 13.4. The van der Waals surface area contributed by atoms with Gasteiger partial charge >= 0.3 is 5.97 Å². The van der Waals surface area contributed by atoms with Gasteiger partial charge in [0, 0.05) is 26.3 Å². The number of amides is 2. The third kappa shape index (κ3) is 10.5. The molecule has 1 fully saturated rings. The maximum Gasteiger partial charge on any atom is 0.364 e. The molecular formula is C27H42N2O10. The number of unbranched alkanes of at least 4 members (excludes halogenated alkanes) is 5. The van der Waals surface area contributed by atoms with E-state index >= 15 is 0 Å². The number of aliphatic hydroxyl groups excluding tert-OH is 4. The first kappa shape index (κ1) is 32.6. The summed E-state index contributed by atoms with van der Waals surface area (Å²) < 4.78 is 11.1. The van der Waals surface area contributed by atoms with Gasteiger partial charge in [0.05, 0.1) is 25.4 Å². The monoisotopic (exact) mass is 554 g/mol. The van der Waals surface area contributed by atoms with Crippen LogP contribution in [-0.4, -0.2) is 92.8 Å². The molecule has 12 heteroatoms. The minimum Gasteiger partial charge on any atom is -0.477 e. The molecule has 7 N–H and O–H groups in total. The highest BCUT2D eigenvalue weighted by Crippen LogP contribution is 2.33. The highest BCUT2D eigenvalue weighted by atomic mass is 16.7. The molecule has 1 aliphatic rings. The lowest BCUT2D eigenvalue weighted by atomic mass is 9.88. The fourth-order valence-electron chi connectivity index (χ4n) is 4.49. The molecule has 1 aliphatic heterocycles. The summed E-state index contributed by atoms with van der Waals surface area (Å²) in [7, 11) is 0. The van der Waals surface area contributed by atoms with Gasteiger partial charge in [-0.2, -0.15) is 0 Å². The van der Waals surface area contributed by atoms with Crippen molar-refractivity contribution >= 4 is 17.8 Å². The lowest BCUT2D eigenvalue weighted by Crippen LogP contribution is -2.67. The number of aliphatic hydroxyl groups is 4. The van der Waals surface area contributed by atoms with Crippen LogP contribution in [0.5, 0.6) is 0 Å². The number of carboxylic acids is 1. The van der Waals surface area contributed by atoms with Crippen LogP contribution < -0.4 is 10.6 Å². The zero-order chi connectivity index (χ0) is 28.8. The highest BCUT2D eigenvalue weighted by Gasteiger charge is 2.55. The Hall–Kier alpha value is -2.61. The summed E-state index contributed by atoms with van der Waals surface area (Å²) in [5.41, 5.74) is 1.05. The minimum absolute atomic E-state index is 0.00289. The first-order valence-electron chi connectivity index (χ1n) is 13.4. The molecule has 220 valence electrons. The quantitative estimate of drug-likeness (QED) is 0.131. The van der Waals surface area contributed by atoms with E-state index < -0.39 is 61.1 Å². The molecule has 0 bridgehead atoms. The first-order chi connectivity index (χ1) is 18.6. The van der Waals surface area contributed by atoms with Crippen molar-refractivity contribution in [3.63, 3.8) is 0 Å². The Bertz CT molecular complexity index is 902. The molecule has 1 heterocycles. The summed E-state index contributed by atoms with van der Waals surface area (Å²) in [5, 5.41) is 55.2. The Morgan fingerprint density at radius 3 is 2.33 bits per heavy atom. The number of benzene rings is 1. The van der Waals surface area contributed by atoms with Crippen LogP contribution in [0.2, 0.25) is 0 Å². The third-order valence-electron chi connectivity index (χ3n) is 6.65. The Kier molecular flexibility index (Phi) is 13.8. The Balaban J connectivity index is 1.74. The molecule has 12 nitrogen and oxygen atoms in total. The summed E-state index contributed by atoms with van der Waals surface area (Å²) in [6.07, 6.45) is -1.93. The number of hydrogen-bond acceptors (Lipinski definition) is 9. The Labute approximate surface area is 228 Å². The number of rotatable bonds is 17. The zero-order valence-corrected chi connectivity index (χ0v) is 22.3. The summed E-state index contributed by atoms with van der Waals surface area (Å²) in [5.74, 6) is -4.38. The van der Waals surface area contributed by atoms with Gasteiger partial charge in [-0.1, -0.05) is 56.0 Å². The van der Waals surface area contributed by atoms with Crippen molar-refractivity contribution in [1.82, 2.24) is 10.6 Å². The van der Waals surface area contributed by atoms with Crippen molar-refractivity contribution in [3.8, 4) is 0 Å². The van der Waals surface area contributed by atoms with Crippen molar-refractivity contribution in [3.05, 3.63) is 35.9 Å². The van der Waals surface area contributed by atoms with Crippen molar-refractivity contribution in [2.75, 3.05) is 13.2 Å². The van der Waals surface area contributed by atoms with Crippen molar-refractivity contribution in [2.45, 2.75) is 101 Å². The summed E-state index contributed by atoms with van der Waals surface area (Å²) in [6, 6.07) is 8.46. The fraction of sp³-hybridized carbons (Fsp3) is 0.667. The second-order valence-corrected chi connectivity index (χ2v) is 9.86. The van der Waals surface area contributed by atoms with Crippen molar-refractivity contribution < 1.29 is 49.4 Å². The summed E-state index contributed by atoms with van der Waals surface area (Å²) >= 11 is 0. The predicted molar refractivity (Wildman–Crippen MR) is 139 cm³/mol. The lowest BCUT2D eigenvalue weighted by molar-refractivity contribution is -0.311. The van der Waals surface area contributed by atoms with Gasteiger partial charge in [0.25, 0.3) is 5.79 Å². The van der Waals surface area contributed by atoms with E-state index in [-0.39, 0.29) is 12.5 Å². The van der Waals surface area contributed by atoms with Gasteiger partial charge in [0.1, 0.15) is 18.3 Å². The van der Waals surface area contributed by atoms with Crippen molar-refractivity contribution in [1.29, 1.82) is 0 Å². The van der Waals surface area contributed by atoms with Crippen LogP contribution in [0.25, 0.3) is 0 Å². The molecule has 1 saturated heterocycles. The van der Waals surface area contributed by atoms with Gasteiger partial charge in [-0.15, -0.1) is 0 Å². The maximum atomic E-state index is 12.1. The van der Waals surface area contributed by atoms with Crippen LogP contribution >= 0.6 is 0 Å². The van der Waals surface area contributed by atoms with E-state index in [1.54, 1.807) is 0 Å². The molecule has 1 aromatic carbocycles. The van der Waals surface area contributed by atoms with Crippen LogP contribution in [-0.2, 0) is 30.4 Å². The lowest BCUT2D eigenvalue weighted by Gasteiger charge is -2.46. The topological polar surface area (TPSA) is 195 Å². The molecule has 0 unspecified atom stereocenters. The summed E-state index contributed by atoms with van der Waals surface area (Å²) in [6.45, 7) is 0.836. The zero-order valence-electron chi connectivity index (χ0n) is 22.3. The Morgan fingerprint density at radius 2 is 1.72 bits per heavy atom. The van der Waals surface area contributed by atoms with E-state index in [2.05, 4.69) is 10.6 Å². The maximum absolute atomic E-state index is 12.1. The average Bonchev–Trinajstić information content (AvgIpc) is 2.91. The molecule has 0 spiro atoms. The van der Waals surface area contributed by atoms with Crippen molar-refractivity contribution in [2.24, 2.45) is 0 Å². The average molecular weight is 555 g/mol. The molecule has 0 aromatic heterocycles. The molecule has 2 rings (SSSR count). The minimum atomic E-state index is -2.30. The third-order valence-corrected chi connectivity index (χ3v) is 6.65. The molecule has 0 aliphatic carbocycles. The number of ether oxygens (including phenoxy) is 2. The van der Waals surface area contributed by atoms with Gasteiger partial charge < -0.3 is 45.6 Å². The SMILES string of the molecule is CC(=O)N[C@H]1[C@H]([C@H](O)[C@H](O)CO)O[C@@](OCCCCCCCCC(=O)NCc2ccccc2)(C(=O)O)C[C@@H]1O. The Morgan fingerprint density at radius 1 is 1.08 bits per heavy atom. The summed E-state index contributed by atoms with van der Waals surface area (Å²) in [4.78, 5) is 35.7. The van der Waals surface area contributed by atoms with Gasteiger partial charge in [0.2, 0.25) is 11.8 Å². The fourth-order valence-corrected chi connectivity index (χ4v) is 4.49. The standard InChI is InChI=1S/C27H42N2O10/c1-18(31)29-23-20(32)15-27(26(36)37,39-25(23)24(35)21(33)17-30)38-14-10-5-3-2-4-9-13-22(34)28-16-19-11-7-6-8-12-19/h6-8,11-12,20-21,23-25,30,32-33,35H,2-5,9-10,13-17H2,1H3,(H,28,34)(H,29,31)(H,36,37)/t20-,21+,23+,24+,25+,27+/m0/s1. The van der Waals surface area contributed by atoms with Crippen LogP contribution in [0.4, 0.5) is 0 Å². The second-order valence-electron chi connectivity index (χ2n) is 9.86. The van der Waals surface area contributed by atoms with Gasteiger partial charge in [0.15, 0.2) is 0 Å². The smallest absolute Gasteiger partial charge is 0.364 e. The van der Waals surface area contributed by atoms with Gasteiger partial charge in [-0.3, -0.25) is 9.59 Å². The van der Waals surface area contributed by atoms with Gasteiger partial charge in [-0.25, -0.2) is 4.79 Å². The molecule has 39 heavy (non-hydrogen) atoms. The van der Waals surface area contributed by atoms with Crippen LogP contribution in [0.15, 0.2) is 30.3 Å². The normalized spacial score (nSPS) is 24.5. The number of carboxylic acid groups (broad SMARTS) is 1. The highest BCUT2D eigenvalue weighted by molar-refractivity contribution is 5.77. The number of carbonyl (C=O) groups excluding carboxylic acids is 2. The second kappa shape index (κ2) is 16.5.